The third-order valence-electron chi connectivity index (χ3n) is 2.76. The van der Waals surface area contributed by atoms with Gasteiger partial charge in [0.15, 0.2) is 0 Å². The van der Waals surface area contributed by atoms with Crippen LogP contribution in [0.4, 0.5) is 5.69 Å². The predicted molar refractivity (Wildman–Crippen MR) is 75.3 cm³/mol. The number of carbonyl (C=O) groups is 1. The summed E-state index contributed by atoms with van der Waals surface area (Å²) in [6.07, 6.45) is 1.25. The Morgan fingerprint density at radius 2 is 2.17 bits per heavy atom. The third kappa shape index (κ3) is 4.57. The van der Waals surface area contributed by atoms with Gasteiger partial charge in [0.05, 0.1) is 6.61 Å². The summed E-state index contributed by atoms with van der Waals surface area (Å²) in [6.45, 7) is 5.07. The van der Waals surface area contributed by atoms with E-state index in [1.54, 1.807) is 0 Å². The highest BCUT2D eigenvalue weighted by atomic mass is 35.5. The first-order chi connectivity index (χ1) is 8.54. The molecule has 1 aromatic rings. The van der Waals surface area contributed by atoms with Crippen LogP contribution in [0, 0.1) is 6.92 Å². The monoisotopic (exact) mass is 269 g/mol. The first-order valence-electron chi connectivity index (χ1n) is 6.17. The van der Waals surface area contributed by atoms with Gasteiger partial charge in [0.2, 0.25) is 0 Å². The van der Waals surface area contributed by atoms with Crippen molar-refractivity contribution < 1.29 is 9.53 Å². The molecule has 0 aromatic heterocycles. The van der Waals surface area contributed by atoms with Crippen LogP contribution >= 0.6 is 11.6 Å². The molecule has 0 unspecified atom stereocenters. The van der Waals surface area contributed by atoms with E-state index in [4.69, 9.17) is 16.3 Å². The third-order valence-corrected chi connectivity index (χ3v) is 3.19. The second-order valence-corrected chi connectivity index (χ2v) is 4.67. The van der Waals surface area contributed by atoms with Crippen LogP contribution < -0.4 is 4.90 Å². The molecule has 0 atom stereocenters. The van der Waals surface area contributed by atoms with Crippen LogP contribution in [-0.2, 0) is 9.53 Å². The molecule has 0 saturated carbocycles. The number of esters is 1. The summed E-state index contributed by atoms with van der Waals surface area (Å²) in [4.78, 5) is 13.3. The summed E-state index contributed by atoms with van der Waals surface area (Å²) in [6, 6.07) is 5.93. The van der Waals surface area contributed by atoms with Gasteiger partial charge in [-0.3, -0.25) is 4.79 Å². The fourth-order valence-electron chi connectivity index (χ4n) is 1.69. The molecular weight excluding hydrogens is 250 g/mol. The van der Waals surface area contributed by atoms with Gasteiger partial charge >= 0.3 is 5.97 Å². The lowest BCUT2D eigenvalue weighted by Crippen LogP contribution is -2.19. The molecule has 0 saturated heterocycles. The number of benzene rings is 1. The van der Waals surface area contributed by atoms with E-state index >= 15 is 0 Å². The topological polar surface area (TPSA) is 29.5 Å². The average Bonchev–Trinajstić information content (AvgIpc) is 2.33. The number of anilines is 1. The van der Waals surface area contributed by atoms with Crippen LogP contribution in [0.1, 0.15) is 25.3 Å². The van der Waals surface area contributed by atoms with Crippen molar-refractivity contribution in [3.8, 4) is 0 Å². The maximum absolute atomic E-state index is 11.2. The molecule has 1 rings (SSSR count). The van der Waals surface area contributed by atoms with Gasteiger partial charge in [-0.1, -0.05) is 11.6 Å². The molecule has 100 valence electrons. The van der Waals surface area contributed by atoms with Crippen LogP contribution in [0.5, 0.6) is 0 Å². The maximum Gasteiger partial charge on any atom is 0.305 e. The smallest absolute Gasteiger partial charge is 0.305 e. The van der Waals surface area contributed by atoms with E-state index in [1.165, 1.54) is 0 Å². The maximum atomic E-state index is 11.2. The number of hydrogen-bond donors (Lipinski definition) is 0. The zero-order chi connectivity index (χ0) is 13.5. The number of rotatable bonds is 6. The highest BCUT2D eigenvalue weighted by Gasteiger charge is 2.05. The van der Waals surface area contributed by atoms with Gasteiger partial charge in [-0.05, 0) is 44.0 Å². The Hall–Kier alpha value is -1.22. The van der Waals surface area contributed by atoms with E-state index in [2.05, 4.69) is 4.90 Å². The molecule has 0 radical (unpaired) electrons. The molecule has 0 aliphatic heterocycles. The van der Waals surface area contributed by atoms with Crippen molar-refractivity contribution in [3.05, 3.63) is 28.8 Å². The largest absolute Gasteiger partial charge is 0.466 e. The Morgan fingerprint density at radius 3 is 2.78 bits per heavy atom. The van der Waals surface area contributed by atoms with Crippen molar-refractivity contribution in [1.82, 2.24) is 0 Å². The minimum absolute atomic E-state index is 0.127. The van der Waals surface area contributed by atoms with Crippen LogP contribution in [0.25, 0.3) is 0 Å². The zero-order valence-corrected chi connectivity index (χ0v) is 12.0. The molecule has 3 nitrogen and oxygen atoms in total. The standard InChI is InChI=1S/C14H20ClNO2/c1-4-18-14(17)6-5-9-16(3)12-7-8-13(15)11(2)10-12/h7-8,10H,4-6,9H2,1-3H3. The Balaban J connectivity index is 2.43. The summed E-state index contributed by atoms with van der Waals surface area (Å²) >= 11 is 5.99. The number of hydrogen-bond acceptors (Lipinski definition) is 3. The van der Waals surface area contributed by atoms with Gasteiger partial charge in [-0.2, -0.15) is 0 Å². The molecule has 0 aliphatic rings. The average molecular weight is 270 g/mol. The summed E-state index contributed by atoms with van der Waals surface area (Å²) in [5.41, 5.74) is 2.17. The van der Waals surface area contributed by atoms with E-state index in [-0.39, 0.29) is 5.97 Å². The first kappa shape index (κ1) is 14.8. The molecule has 0 bridgehead atoms. The van der Waals surface area contributed by atoms with E-state index in [9.17, 15) is 4.79 Å². The minimum Gasteiger partial charge on any atom is -0.466 e. The van der Waals surface area contributed by atoms with Gasteiger partial charge in [0.1, 0.15) is 0 Å². The van der Waals surface area contributed by atoms with Crippen molar-refractivity contribution in [2.75, 3.05) is 25.1 Å². The van der Waals surface area contributed by atoms with E-state index in [0.717, 1.165) is 29.2 Å². The Morgan fingerprint density at radius 1 is 1.44 bits per heavy atom. The molecule has 0 aliphatic carbocycles. The van der Waals surface area contributed by atoms with E-state index in [0.29, 0.717) is 13.0 Å². The van der Waals surface area contributed by atoms with Gasteiger partial charge in [-0.15, -0.1) is 0 Å². The lowest BCUT2D eigenvalue weighted by atomic mass is 10.2. The van der Waals surface area contributed by atoms with Crippen LogP contribution in [0.3, 0.4) is 0 Å². The molecule has 18 heavy (non-hydrogen) atoms. The van der Waals surface area contributed by atoms with Crippen molar-refractivity contribution in [3.63, 3.8) is 0 Å². The Bertz CT molecular complexity index is 407. The fourth-order valence-corrected chi connectivity index (χ4v) is 1.81. The molecular formula is C14H20ClNO2. The van der Waals surface area contributed by atoms with Gasteiger partial charge in [0, 0.05) is 30.7 Å². The number of nitrogens with zero attached hydrogens (tertiary/aromatic N) is 1. The number of halogens is 1. The van der Waals surface area contributed by atoms with Crippen LogP contribution in [-0.4, -0.2) is 26.2 Å². The molecule has 0 fully saturated rings. The summed E-state index contributed by atoms with van der Waals surface area (Å²) in [5.74, 6) is -0.127. The second kappa shape index (κ2) is 7.27. The summed E-state index contributed by atoms with van der Waals surface area (Å²) < 4.78 is 4.89. The zero-order valence-electron chi connectivity index (χ0n) is 11.2. The molecule has 0 N–H and O–H groups in total. The van der Waals surface area contributed by atoms with E-state index < -0.39 is 0 Å². The number of aryl methyl sites for hydroxylation is 1. The molecule has 0 amide bonds. The predicted octanol–water partition coefficient (Wildman–Crippen LogP) is 3.43. The molecule has 0 spiro atoms. The summed E-state index contributed by atoms with van der Waals surface area (Å²) in [5, 5.41) is 0.777. The molecule has 4 heteroatoms. The summed E-state index contributed by atoms with van der Waals surface area (Å²) in [7, 11) is 2.01. The molecule has 1 aromatic carbocycles. The lowest BCUT2D eigenvalue weighted by molar-refractivity contribution is -0.143. The highest BCUT2D eigenvalue weighted by Crippen LogP contribution is 2.21. The fraction of sp³-hybridized carbons (Fsp3) is 0.500. The van der Waals surface area contributed by atoms with E-state index in [1.807, 2.05) is 39.1 Å². The van der Waals surface area contributed by atoms with Crippen LogP contribution in [0.15, 0.2) is 18.2 Å². The molecule has 0 heterocycles. The Labute approximate surface area is 114 Å². The normalized spacial score (nSPS) is 10.2. The van der Waals surface area contributed by atoms with Crippen molar-refractivity contribution in [1.29, 1.82) is 0 Å². The quantitative estimate of drug-likeness (QED) is 0.741. The first-order valence-corrected chi connectivity index (χ1v) is 6.55. The number of ether oxygens (including phenoxy) is 1. The van der Waals surface area contributed by atoms with Crippen LogP contribution in [0.2, 0.25) is 5.02 Å². The second-order valence-electron chi connectivity index (χ2n) is 4.26. The SMILES string of the molecule is CCOC(=O)CCCN(C)c1ccc(Cl)c(C)c1. The highest BCUT2D eigenvalue weighted by molar-refractivity contribution is 6.31. The van der Waals surface area contributed by atoms with Crippen molar-refractivity contribution >= 4 is 23.3 Å². The minimum atomic E-state index is -0.127. The van der Waals surface area contributed by atoms with Gasteiger partial charge in [-0.25, -0.2) is 0 Å². The van der Waals surface area contributed by atoms with Gasteiger partial charge in [0.25, 0.3) is 0 Å². The lowest BCUT2D eigenvalue weighted by Gasteiger charge is -2.19. The van der Waals surface area contributed by atoms with Gasteiger partial charge < -0.3 is 9.64 Å². The Kier molecular flexibility index (Phi) is 5.99. The van der Waals surface area contributed by atoms with Crippen molar-refractivity contribution in [2.45, 2.75) is 26.7 Å². The number of carbonyl (C=O) groups excluding carboxylic acids is 1. The van der Waals surface area contributed by atoms with Crippen molar-refractivity contribution in [2.24, 2.45) is 0 Å².